The fourth-order valence-corrected chi connectivity index (χ4v) is 3.85. The Balaban J connectivity index is 1.57. The van der Waals surface area contributed by atoms with Crippen molar-refractivity contribution in [3.8, 4) is 0 Å². The van der Waals surface area contributed by atoms with E-state index < -0.39 is 0 Å². The van der Waals surface area contributed by atoms with Crippen LogP contribution >= 0.6 is 11.8 Å². The highest BCUT2D eigenvalue weighted by atomic mass is 32.2. The monoisotopic (exact) mass is 358 g/mol. The molecule has 1 aromatic heterocycles. The molecule has 7 heteroatoms. The number of H-pyrrole nitrogens is 1. The van der Waals surface area contributed by atoms with Gasteiger partial charge in [0.25, 0.3) is 5.56 Å². The predicted molar refractivity (Wildman–Crippen MR) is 100 cm³/mol. The van der Waals surface area contributed by atoms with Crippen molar-refractivity contribution in [2.45, 2.75) is 24.3 Å². The molecule has 1 fully saturated rings. The SMILES string of the molecule is Cc1cc(=O)[nH]c(SC(C)C(=O)N2CCN(c3ccccc3)CC2)n1. The number of nitrogens with zero attached hydrogens (tertiary/aromatic N) is 3. The highest BCUT2D eigenvalue weighted by Gasteiger charge is 2.26. The number of carbonyl (C=O) groups is 1. The number of benzene rings is 1. The zero-order valence-corrected chi connectivity index (χ0v) is 15.3. The van der Waals surface area contributed by atoms with Crippen LogP contribution in [0.2, 0.25) is 0 Å². The number of nitrogens with one attached hydrogen (secondary N) is 1. The van der Waals surface area contributed by atoms with Gasteiger partial charge in [0.2, 0.25) is 5.91 Å². The minimum Gasteiger partial charge on any atom is -0.368 e. The van der Waals surface area contributed by atoms with Crippen molar-refractivity contribution in [1.82, 2.24) is 14.9 Å². The van der Waals surface area contributed by atoms with Gasteiger partial charge < -0.3 is 14.8 Å². The van der Waals surface area contributed by atoms with Gasteiger partial charge in [0.15, 0.2) is 5.16 Å². The number of aromatic nitrogens is 2. The Morgan fingerprint density at radius 2 is 1.88 bits per heavy atom. The molecule has 1 aromatic carbocycles. The molecule has 3 rings (SSSR count). The molecule has 1 unspecified atom stereocenters. The number of carbonyl (C=O) groups excluding carboxylic acids is 1. The Morgan fingerprint density at radius 3 is 2.52 bits per heavy atom. The van der Waals surface area contributed by atoms with Crippen molar-refractivity contribution in [1.29, 1.82) is 0 Å². The molecule has 6 nitrogen and oxygen atoms in total. The molecule has 1 N–H and O–H groups in total. The molecule has 0 aliphatic carbocycles. The van der Waals surface area contributed by atoms with Gasteiger partial charge in [-0.1, -0.05) is 30.0 Å². The Morgan fingerprint density at radius 1 is 1.20 bits per heavy atom. The van der Waals surface area contributed by atoms with Crippen LogP contribution in [0.25, 0.3) is 0 Å². The van der Waals surface area contributed by atoms with Crippen molar-refractivity contribution >= 4 is 23.4 Å². The first-order valence-corrected chi connectivity index (χ1v) is 9.24. The highest BCUT2D eigenvalue weighted by Crippen LogP contribution is 2.22. The lowest BCUT2D eigenvalue weighted by atomic mass is 10.2. The van der Waals surface area contributed by atoms with Crippen molar-refractivity contribution in [3.63, 3.8) is 0 Å². The van der Waals surface area contributed by atoms with Gasteiger partial charge in [-0.05, 0) is 26.0 Å². The van der Waals surface area contributed by atoms with Crippen molar-refractivity contribution in [3.05, 3.63) is 52.4 Å². The van der Waals surface area contributed by atoms with Crippen LogP contribution in [0.3, 0.4) is 0 Å². The Hall–Kier alpha value is -2.28. The number of para-hydroxylation sites is 1. The maximum atomic E-state index is 12.7. The fraction of sp³-hybridized carbons (Fsp3) is 0.389. The standard InChI is InChI=1S/C18H22N4O2S/c1-13-12-16(23)20-18(19-13)25-14(2)17(24)22-10-8-21(9-11-22)15-6-4-3-5-7-15/h3-7,12,14H,8-11H2,1-2H3,(H,19,20,23). The summed E-state index contributed by atoms with van der Waals surface area (Å²) < 4.78 is 0. The van der Waals surface area contributed by atoms with Gasteiger partial charge in [0, 0.05) is 43.6 Å². The molecule has 2 heterocycles. The van der Waals surface area contributed by atoms with Crippen LogP contribution in [0.15, 0.2) is 46.3 Å². The number of thioether (sulfide) groups is 1. The first-order valence-electron chi connectivity index (χ1n) is 8.36. The number of hydrogen-bond donors (Lipinski definition) is 1. The molecule has 25 heavy (non-hydrogen) atoms. The first-order chi connectivity index (χ1) is 12.0. The summed E-state index contributed by atoms with van der Waals surface area (Å²) in [5, 5.41) is 0.210. The summed E-state index contributed by atoms with van der Waals surface area (Å²) in [4.78, 5) is 35.4. The zero-order valence-electron chi connectivity index (χ0n) is 14.4. The van der Waals surface area contributed by atoms with E-state index in [0.29, 0.717) is 23.9 Å². The Bertz CT molecular complexity index is 785. The van der Waals surface area contributed by atoms with Crippen molar-refractivity contribution in [2.24, 2.45) is 0 Å². The van der Waals surface area contributed by atoms with E-state index in [0.717, 1.165) is 13.1 Å². The van der Waals surface area contributed by atoms with Gasteiger partial charge in [-0.25, -0.2) is 4.98 Å². The van der Waals surface area contributed by atoms with E-state index in [1.807, 2.05) is 30.0 Å². The smallest absolute Gasteiger partial charge is 0.251 e. The van der Waals surface area contributed by atoms with Crippen LogP contribution < -0.4 is 10.5 Å². The second kappa shape index (κ2) is 7.74. The number of piperazine rings is 1. The van der Waals surface area contributed by atoms with Crippen LogP contribution in [0.4, 0.5) is 5.69 Å². The number of aryl methyl sites for hydroxylation is 1. The lowest BCUT2D eigenvalue weighted by Gasteiger charge is -2.37. The molecule has 0 radical (unpaired) electrons. The number of amides is 1. The predicted octanol–water partition coefficient (Wildman–Crippen LogP) is 1.91. The summed E-state index contributed by atoms with van der Waals surface area (Å²) in [5.41, 5.74) is 1.66. The summed E-state index contributed by atoms with van der Waals surface area (Å²) in [5.74, 6) is 0.0851. The summed E-state index contributed by atoms with van der Waals surface area (Å²) in [6.07, 6.45) is 0. The third kappa shape index (κ3) is 4.42. The Kier molecular flexibility index (Phi) is 5.43. The minimum atomic E-state index is -0.284. The fourth-order valence-electron chi connectivity index (χ4n) is 2.91. The largest absolute Gasteiger partial charge is 0.368 e. The lowest BCUT2D eigenvalue weighted by Crippen LogP contribution is -2.50. The number of anilines is 1. The van der Waals surface area contributed by atoms with Crippen LogP contribution in [0, 0.1) is 6.92 Å². The molecular formula is C18H22N4O2S. The first kappa shape index (κ1) is 17.5. The van der Waals surface area contributed by atoms with E-state index in [2.05, 4.69) is 27.0 Å². The molecule has 1 aliphatic rings. The van der Waals surface area contributed by atoms with Crippen LogP contribution in [-0.2, 0) is 4.79 Å². The number of rotatable bonds is 4. The number of aromatic amines is 1. The lowest BCUT2D eigenvalue weighted by molar-refractivity contribution is -0.130. The van der Waals surface area contributed by atoms with Gasteiger partial charge in [0.1, 0.15) is 0 Å². The summed E-state index contributed by atoms with van der Waals surface area (Å²) >= 11 is 1.30. The molecule has 1 aliphatic heterocycles. The van der Waals surface area contributed by atoms with Crippen LogP contribution in [0.1, 0.15) is 12.6 Å². The molecule has 2 aromatic rings. The van der Waals surface area contributed by atoms with Gasteiger partial charge in [-0.2, -0.15) is 0 Å². The van der Waals surface area contributed by atoms with Crippen LogP contribution in [-0.4, -0.2) is 52.2 Å². The maximum Gasteiger partial charge on any atom is 0.251 e. The van der Waals surface area contributed by atoms with Gasteiger partial charge >= 0.3 is 0 Å². The summed E-state index contributed by atoms with van der Waals surface area (Å²) in [6.45, 7) is 6.69. The molecule has 1 atom stereocenters. The molecule has 1 saturated heterocycles. The highest BCUT2D eigenvalue weighted by molar-refractivity contribution is 8.00. The molecule has 132 valence electrons. The topological polar surface area (TPSA) is 69.3 Å². The number of hydrogen-bond acceptors (Lipinski definition) is 5. The summed E-state index contributed by atoms with van der Waals surface area (Å²) in [7, 11) is 0. The molecule has 0 saturated carbocycles. The van der Waals surface area contributed by atoms with Crippen molar-refractivity contribution < 1.29 is 4.79 Å². The molecule has 1 amide bonds. The average molecular weight is 358 g/mol. The molecular weight excluding hydrogens is 336 g/mol. The second-order valence-electron chi connectivity index (χ2n) is 6.10. The summed E-state index contributed by atoms with van der Waals surface area (Å²) in [6, 6.07) is 11.7. The maximum absolute atomic E-state index is 12.7. The van der Waals surface area contributed by atoms with Crippen LogP contribution in [0.5, 0.6) is 0 Å². The molecule has 0 spiro atoms. The van der Waals surface area contributed by atoms with E-state index in [9.17, 15) is 9.59 Å². The van der Waals surface area contributed by atoms with E-state index in [4.69, 9.17) is 0 Å². The quantitative estimate of drug-likeness (QED) is 0.668. The van der Waals surface area contributed by atoms with Crippen molar-refractivity contribution in [2.75, 3.05) is 31.1 Å². The van der Waals surface area contributed by atoms with Gasteiger partial charge in [-0.15, -0.1) is 0 Å². The molecule has 0 bridgehead atoms. The third-order valence-corrected chi connectivity index (χ3v) is 5.17. The van der Waals surface area contributed by atoms with Gasteiger partial charge in [0.05, 0.1) is 5.25 Å². The van der Waals surface area contributed by atoms with Gasteiger partial charge in [-0.3, -0.25) is 9.59 Å². The van der Waals surface area contributed by atoms with E-state index in [-0.39, 0.29) is 16.7 Å². The minimum absolute atomic E-state index is 0.0851. The second-order valence-corrected chi connectivity index (χ2v) is 7.43. The van der Waals surface area contributed by atoms with E-state index in [1.165, 1.54) is 23.5 Å². The zero-order chi connectivity index (χ0) is 17.8. The Labute approximate surface area is 151 Å². The average Bonchev–Trinajstić information content (AvgIpc) is 2.61. The third-order valence-electron chi connectivity index (χ3n) is 4.20. The normalized spacial score (nSPS) is 15.9. The van der Waals surface area contributed by atoms with E-state index >= 15 is 0 Å². The van der Waals surface area contributed by atoms with E-state index in [1.54, 1.807) is 6.92 Å².